The lowest BCUT2D eigenvalue weighted by Gasteiger charge is -2.40. The topological polar surface area (TPSA) is 67.1 Å². The molecule has 2 aromatic carbocycles. The quantitative estimate of drug-likeness (QED) is 0.702. The summed E-state index contributed by atoms with van der Waals surface area (Å²) < 4.78 is 1.89. The maximum atomic E-state index is 11.1. The van der Waals surface area contributed by atoms with E-state index in [4.69, 9.17) is 0 Å². The zero-order valence-electron chi connectivity index (χ0n) is 17.5. The molecule has 5 rings (SSSR count). The Labute approximate surface area is 177 Å². The highest BCUT2D eigenvalue weighted by molar-refractivity contribution is 5.63. The lowest BCUT2D eigenvalue weighted by molar-refractivity contribution is -0.0597. The highest BCUT2D eigenvalue weighted by atomic mass is 16.3. The van der Waals surface area contributed by atoms with Crippen LogP contribution in [0, 0.1) is 11.8 Å². The van der Waals surface area contributed by atoms with Crippen LogP contribution >= 0.6 is 0 Å². The molecule has 0 bridgehead atoms. The van der Waals surface area contributed by atoms with Gasteiger partial charge in [-0.25, -0.2) is 4.68 Å². The minimum atomic E-state index is -0.538. The zero-order valence-corrected chi connectivity index (χ0v) is 17.5. The van der Waals surface area contributed by atoms with Crippen molar-refractivity contribution in [2.75, 3.05) is 18.0 Å². The third kappa shape index (κ3) is 3.49. The lowest BCUT2D eigenvalue weighted by Crippen LogP contribution is -2.44. The molecule has 0 unspecified atom stereocenters. The number of fused-ring (bicyclic) bond motifs is 1. The van der Waals surface area contributed by atoms with E-state index >= 15 is 0 Å². The molecule has 0 spiro atoms. The molecule has 6 heteroatoms. The Morgan fingerprint density at radius 3 is 2.57 bits per heavy atom. The second kappa shape index (κ2) is 7.84. The molecule has 30 heavy (non-hydrogen) atoms. The normalized spacial score (nSPS) is 26.0. The van der Waals surface area contributed by atoms with Crippen LogP contribution in [0.4, 0.5) is 5.95 Å². The van der Waals surface area contributed by atoms with Gasteiger partial charge in [-0.3, -0.25) is 0 Å². The molecule has 0 amide bonds. The fourth-order valence-corrected chi connectivity index (χ4v) is 5.37. The standard InChI is InChI=1S/C24H29N5O/c1-2-24(30)14-6-9-21-16-28(17-22(21)24)23-25-26-27-29(23)15-18-10-12-20(13-11-18)19-7-4-3-5-8-19/h3-5,7-8,10-13,21-22,30H,2,6,9,14-17H2,1H3/t21-,22+,24-/m1/s1. The number of rotatable bonds is 5. The van der Waals surface area contributed by atoms with E-state index < -0.39 is 5.60 Å². The Morgan fingerprint density at radius 1 is 1.03 bits per heavy atom. The predicted molar refractivity (Wildman–Crippen MR) is 117 cm³/mol. The second-order valence-electron chi connectivity index (χ2n) is 8.82. The summed E-state index contributed by atoms with van der Waals surface area (Å²) in [4.78, 5) is 2.28. The molecule has 1 aliphatic heterocycles. The zero-order chi connectivity index (χ0) is 20.6. The minimum absolute atomic E-state index is 0.312. The maximum absolute atomic E-state index is 11.1. The van der Waals surface area contributed by atoms with E-state index in [9.17, 15) is 5.11 Å². The van der Waals surface area contributed by atoms with Gasteiger partial charge in [-0.15, -0.1) is 0 Å². The van der Waals surface area contributed by atoms with Crippen LogP contribution in [0.5, 0.6) is 0 Å². The van der Waals surface area contributed by atoms with Crippen molar-refractivity contribution in [3.05, 3.63) is 60.2 Å². The van der Waals surface area contributed by atoms with Gasteiger partial charge in [0.2, 0.25) is 5.95 Å². The molecule has 1 aromatic heterocycles. The first kappa shape index (κ1) is 19.2. The van der Waals surface area contributed by atoms with Gasteiger partial charge in [0.1, 0.15) is 0 Å². The lowest BCUT2D eigenvalue weighted by atomic mass is 9.69. The van der Waals surface area contributed by atoms with Gasteiger partial charge in [-0.2, -0.15) is 0 Å². The van der Waals surface area contributed by atoms with E-state index in [2.05, 4.69) is 75.9 Å². The number of hydrogen-bond donors (Lipinski definition) is 1. The van der Waals surface area contributed by atoms with Gasteiger partial charge in [0.25, 0.3) is 0 Å². The summed E-state index contributed by atoms with van der Waals surface area (Å²) >= 11 is 0. The molecule has 156 valence electrons. The second-order valence-corrected chi connectivity index (χ2v) is 8.82. The van der Waals surface area contributed by atoms with Crippen molar-refractivity contribution in [1.29, 1.82) is 0 Å². The molecule has 3 atom stereocenters. The van der Waals surface area contributed by atoms with E-state index in [1.54, 1.807) is 0 Å². The van der Waals surface area contributed by atoms with Crippen LogP contribution in [0.2, 0.25) is 0 Å². The molecule has 1 N–H and O–H groups in total. The summed E-state index contributed by atoms with van der Waals surface area (Å²) in [5.41, 5.74) is 3.06. The maximum Gasteiger partial charge on any atom is 0.245 e. The number of aliphatic hydroxyl groups is 1. The van der Waals surface area contributed by atoms with Crippen LogP contribution in [-0.4, -0.2) is 44.0 Å². The third-order valence-corrected chi connectivity index (χ3v) is 7.12. The predicted octanol–water partition coefficient (Wildman–Crippen LogP) is 3.77. The monoisotopic (exact) mass is 403 g/mol. The van der Waals surface area contributed by atoms with E-state index in [1.165, 1.54) is 23.1 Å². The number of hydrogen-bond acceptors (Lipinski definition) is 5. The Kier molecular flexibility index (Phi) is 5.03. The van der Waals surface area contributed by atoms with E-state index in [-0.39, 0.29) is 0 Å². The van der Waals surface area contributed by atoms with Crippen LogP contribution in [0.25, 0.3) is 11.1 Å². The Balaban J connectivity index is 1.32. The number of anilines is 1. The van der Waals surface area contributed by atoms with Crippen LogP contribution < -0.4 is 4.90 Å². The highest BCUT2D eigenvalue weighted by Crippen LogP contribution is 2.45. The SMILES string of the molecule is CC[C@@]1(O)CCC[C@@H]2CN(c3nnnn3Cc3ccc(-c4ccccc4)cc3)C[C@@H]21. The Hall–Kier alpha value is -2.73. The van der Waals surface area contributed by atoms with Crippen molar-refractivity contribution in [2.24, 2.45) is 11.8 Å². The van der Waals surface area contributed by atoms with Gasteiger partial charge in [-0.1, -0.05) is 73.0 Å². The van der Waals surface area contributed by atoms with Gasteiger partial charge in [0.05, 0.1) is 12.1 Å². The number of aromatic nitrogens is 4. The molecule has 1 aliphatic carbocycles. The fourth-order valence-electron chi connectivity index (χ4n) is 5.37. The van der Waals surface area contributed by atoms with Crippen molar-refractivity contribution in [3.63, 3.8) is 0 Å². The highest BCUT2D eigenvalue weighted by Gasteiger charge is 2.48. The molecular weight excluding hydrogens is 374 g/mol. The largest absolute Gasteiger partial charge is 0.390 e. The third-order valence-electron chi connectivity index (χ3n) is 7.12. The first-order valence-corrected chi connectivity index (χ1v) is 11.0. The van der Waals surface area contributed by atoms with E-state index in [0.717, 1.165) is 38.3 Å². The molecule has 2 heterocycles. The molecule has 3 aromatic rings. The molecule has 6 nitrogen and oxygen atoms in total. The smallest absolute Gasteiger partial charge is 0.245 e. The first-order valence-electron chi connectivity index (χ1n) is 11.0. The van der Waals surface area contributed by atoms with Gasteiger partial charge in [-0.05, 0) is 52.3 Å². The number of nitrogens with zero attached hydrogens (tertiary/aromatic N) is 5. The number of benzene rings is 2. The fraction of sp³-hybridized carbons (Fsp3) is 0.458. The van der Waals surface area contributed by atoms with Crippen molar-refractivity contribution >= 4 is 5.95 Å². The number of tetrazole rings is 1. The summed E-state index contributed by atoms with van der Waals surface area (Å²) in [6.07, 6.45) is 4.03. The van der Waals surface area contributed by atoms with Crippen molar-refractivity contribution in [3.8, 4) is 11.1 Å². The Bertz CT molecular complexity index is 986. The van der Waals surface area contributed by atoms with Crippen molar-refractivity contribution in [1.82, 2.24) is 20.2 Å². The van der Waals surface area contributed by atoms with Crippen LogP contribution in [0.15, 0.2) is 54.6 Å². The van der Waals surface area contributed by atoms with Crippen molar-refractivity contribution in [2.45, 2.75) is 44.8 Å². The average molecular weight is 404 g/mol. The molecule has 2 fully saturated rings. The van der Waals surface area contributed by atoms with Crippen LogP contribution in [-0.2, 0) is 6.54 Å². The van der Waals surface area contributed by atoms with Gasteiger partial charge < -0.3 is 10.0 Å². The van der Waals surface area contributed by atoms with E-state index in [0.29, 0.717) is 18.4 Å². The molecule has 1 saturated carbocycles. The Morgan fingerprint density at radius 2 is 1.80 bits per heavy atom. The first-order chi connectivity index (χ1) is 14.7. The van der Waals surface area contributed by atoms with E-state index in [1.807, 2.05) is 10.7 Å². The summed E-state index contributed by atoms with van der Waals surface area (Å²) in [5, 5.41) is 23.7. The molecule has 2 aliphatic rings. The molecule has 1 saturated heterocycles. The summed E-state index contributed by atoms with van der Waals surface area (Å²) in [6.45, 7) is 4.51. The summed E-state index contributed by atoms with van der Waals surface area (Å²) in [7, 11) is 0. The van der Waals surface area contributed by atoms with Gasteiger partial charge in [0.15, 0.2) is 0 Å². The minimum Gasteiger partial charge on any atom is -0.390 e. The van der Waals surface area contributed by atoms with Gasteiger partial charge in [0, 0.05) is 19.0 Å². The molecule has 0 radical (unpaired) electrons. The van der Waals surface area contributed by atoms with Gasteiger partial charge >= 0.3 is 0 Å². The van der Waals surface area contributed by atoms with Crippen molar-refractivity contribution < 1.29 is 5.11 Å². The summed E-state index contributed by atoms with van der Waals surface area (Å²) in [5.74, 6) is 1.65. The van der Waals surface area contributed by atoms with Crippen LogP contribution in [0.3, 0.4) is 0 Å². The molecular formula is C24H29N5O. The van der Waals surface area contributed by atoms with Crippen LogP contribution in [0.1, 0.15) is 38.2 Å². The average Bonchev–Trinajstić information content (AvgIpc) is 3.42. The summed E-state index contributed by atoms with van der Waals surface area (Å²) in [6, 6.07) is 19.0.